The van der Waals surface area contributed by atoms with E-state index in [1.54, 1.807) is 43.3 Å². The van der Waals surface area contributed by atoms with Crippen molar-refractivity contribution in [2.24, 2.45) is 0 Å². The second-order valence-electron chi connectivity index (χ2n) is 6.00. The minimum atomic E-state index is -0.558. The molecule has 1 aromatic heterocycles. The average molecular weight is 364 g/mol. The first-order chi connectivity index (χ1) is 13.1. The van der Waals surface area contributed by atoms with E-state index in [0.29, 0.717) is 17.0 Å². The number of nitrogens with one attached hydrogen (secondary N) is 1. The van der Waals surface area contributed by atoms with Crippen LogP contribution < -0.4 is 15.6 Å². The Hall–Kier alpha value is -3.54. The van der Waals surface area contributed by atoms with Crippen molar-refractivity contribution in [2.75, 3.05) is 11.9 Å². The smallest absolute Gasteiger partial charge is 0.266 e. The number of carbonyl (C=O) groups excluding carboxylic acids is 1. The lowest BCUT2D eigenvalue weighted by Crippen LogP contribution is -2.31. The lowest BCUT2D eigenvalue weighted by molar-refractivity contribution is 0.102. The lowest BCUT2D eigenvalue weighted by Gasteiger charge is -2.14. The van der Waals surface area contributed by atoms with Gasteiger partial charge in [-0.3, -0.25) is 14.2 Å². The van der Waals surface area contributed by atoms with Crippen LogP contribution in [-0.4, -0.2) is 22.2 Å². The van der Waals surface area contributed by atoms with Gasteiger partial charge in [0.05, 0.1) is 6.54 Å². The zero-order chi connectivity index (χ0) is 19.2. The number of carbonyl (C=O) groups is 1. The van der Waals surface area contributed by atoms with Gasteiger partial charge < -0.3 is 15.2 Å². The van der Waals surface area contributed by atoms with E-state index >= 15 is 0 Å². The first-order valence-electron chi connectivity index (χ1n) is 8.54. The third kappa shape index (κ3) is 4.36. The third-order valence-electron chi connectivity index (χ3n) is 4.06. The molecule has 6 nitrogen and oxygen atoms in total. The molecule has 0 aliphatic rings. The Balaban J connectivity index is 1.80. The molecule has 0 saturated carbocycles. The lowest BCUT2D eigenvalue weighted by atomic mass is 10.1. The number of anilines is 1. The van der Waals surface area contributed by atoms with Gasteiger partial charge in [0.15, 0.2) is 5.88 Å². The molecule has 3 rings (SSSR count). The van der Waals surface area contributed by atoms with Crippen LogP contribution in [0.15, 0.2) is 71.5 Å². The second-order valence-corrected chi connectivity index (χ2v) is 6.00. The van der Waals surface area contributed by atoms with E-state index in [1.807, 2.05) is 24.3 Å². The number of aromatic nitrogens is 1. The van der Waals surface area contributed by atoms with Crippen molar-refractivity contribution in [3.8, 4) is 11.6 Å². The van der Waals surface area contributed by atoms with Crippen molar-refractivity contribution >= 4 is 11.6 Å². The number of amides is 1. The van der Waals surface area contributed by atoms with Gasteiger partial charge in [-0.1, -0.05) is 36.4 Å². The fourth-order valence-corrected chi connectivity index (χ4v) is 2.73. The number of rotatable bonds is 6. The van der Waals surface area contributed by atoms with Crippen molar-refractivity contribution in [3.05, 3.63) is 88.2 Å². The van der Waals surface area contributed by atoms with Crippen molar-refractivity contribution in [3.63, 3.8) is 0 Å². The molecular weight excluding hydrogens is 344 g/mol. The Morgan fingerprint density at radius 1 is 1.07 bits per heavy atom. The van der Waals surface area contributed by atoms with Crippen LogP contribution in [0, 0.1) is 6.92 Å². The molecule has 1 amide bonds. The predicted molar refractivity (Wildman–Crippen MR) is 103 cm³/mol. The molecule has 27 heavy (non-hydrogen) atoms. The molecule has 2 N–H and O–H groups in total. The SMILES string of the molecule is Cc1cc(O)n(CCOc2ccccc2)c(=O)c1C(=O)Nc1ccccc1. The molecule has 2 aromatic carbocycles. The highest BCUT2D eigenvalue weighted by atomic mass is 16.5. The van der Waals surface area contributed by atoms with Gasteiger partial charge in [-0.2, -0.15) is 0 Å². The number of para-hydroxylation sites is 2. The first kappa shape index (κ1) is 18.3. The minimum Gasteiger partial charge on any atom is -0.494 e. The zero-order valence-electron chi connectivity index (χ0n) is 14.9. The normalized spacial score (nSPS) is 10.4. The summed E-state index contributed by atoms with van der Waals surface area (Å²) in [5, 5.41) is 12.8. The van der Waals surface area contributed by atoms with Crippen LogP contribution >= 0.6 is 0 Å². The highest BCUT2D eigenvalue weighted by Gasteiger charge is 2.18. The van der Waals surface area contributed by atoms with Crippen LogP contribution in [0.1, 0.15) is 15.9 Å². The Bertz CT molecular complexity index is 982. The highest BCUT2D eigenvalue weighted by molar-refractivity contribution is 6.05. The molecule has 0 fully saturated rings. The molecule has 0 aliphatic heterocycles. The number of ether oxygens (including phenoxy) is 1. The zero-order valence-corrected chi connectivity index (χ0v) is 14.9. The topological polar surface area (TPSA) is 80.6 Å². The summed E-state index contributed by atoms with van der Waals surface area (Å²) in [5.74, 6) is -0.0500. The maximum absolute atomic E-state index is 12.8. The Morgan fingerprint density at radius 3 is 2.37 bits per heavy atom. The molecular formula is C21H20N2O4. The summed E-state index contributed by atoms with van der Waals surface area (Å²) < 4.78 is 6.71. The fourth-order valence-electron chi connectivity index (χ4n) is 2.73. The van der Waals surface area contributed by atoms with Crippen molar-refractivity contribution < 1.29 is 14.6 Å². The summed E-state index contributed by atoms with van der Waals surface area (Å²) in [4.78, 5) is 25.3. The van der Waals surface area contributed by atoms with Gasteiger partial charge in [0, 0.05) is 11.8 Å². The van der Waals surface area contributed by atoms with Crippen LogP contribution in [0.4, 0.5) is 5.69 Å². The van der Waals surface area contributed by atoms with Gasteiger partial charge in [0.2, 0.25) is 0 Å². The molecule has 138 valence electrons. The molecule has 6 heteroatoms. The van der Waals surface area contributed by atoms with Crippen LogP contribution in [0.5, 0.6) is 11.6 Å². The standard InChI is InChI=1S/C21H20N2O4/c1-15-14-18(24)23(12-13-27-17-10-6-3-7-11-17)21(26)19(15)20(25)22-16-8-4-2-5-9-16/h2-11,14,24H,12-13H2,1H3,(H,22,25). The van der Waals surface area contributed by atoms with E-state index in [4.69, 9.17) is 4.74 Å². The van der Waals surface area contributed by atoms with Crippen molar-refractivity contribution in [1.82, 2.24) is 4.57 Å². The fraction of sp³-hybridized carbons (Fsp3) is 0.143. The van der Waals surface area contributed by atoms with Crippen molar-refractivity contribution in [2.45, 2.75) is 13.5 Å². The number of pyridine rings is 1. The number of benzene rings is 2. The Labute approximate surface area is 156 Å². The molecule has 0 atom stereocenters. The average Bonchev–Trinajstić information content (AvgIpc) is 2.66. The van der Waals surface area contributed by atoms with E-state index in [2.05, 4.69) is 5.32 Å². The quantitative estimate of drug-likeness (QED) is 0.704. The van der Waals surface area contributed by atoms with Gasteiger partial charge in [-0.15, -0.1) is 0 Å². The highest BCUT2D eigenvalue weighted by Crippen LogP contribution is 2.15. The molecule has 0 radical (unpaired) electrons. The van der Waals surface area contributed by atoms with Crippen molar-refractivity contribution in [1.29, 1.82) is 0 Å². The molecule has 3 aromatic rings. The number of nitrogens with zero attached hydrogens (tertiary/aromatic N) is 1. The predicted octanol–water partition coefficient (Wildman–Crippen LogP) is 3.19. The van der Waals surface area contributed by atoms with E-state index < -0.39 is 11.5 Å². The summed E-state index contributed by atoms with van der Waals surface area (Å²) in [6.45, 7) is 1.91. The van der Waals surface area contributed by atoms with E-state index in [9.17, 15) is 14.7 Å². The van der Waals surface area contributed by atoms with E-state index in [-0.39, 0.29) is 24.6 Å². The second kappa shape index (κ2) is 8.23. The molecule has 0 bridgehead atoms. The van der Waals surface area contributed by atoms with Gasteiger partial charge >= 0.3 is 0 Å². The van der Waals surface area contributed by atoms with E-state index in [0.717, 1.165) is 4.57 Å². The van der Waals surface area contributed by atoms with Gasteiger partial charge in [0.1, 0.15) is 17.9 Å². The van der Waals surface area contributed by atoms with Gasteiger partial charge in [-0.25, -0.2) is 0 Å². The summed E-state index contributed by atoms with van der Waals surface area (Å²) in [7, 11) is 0. The first-order valence-corrected chi connectivity index (χ1v) is 8.54. The van der Waals surface area contributed by atoms with Crippen LogP contribution in [0.3, 0.4) is 0 Å². The molecule has 0 unspecified atom stereocenters. The molecule has 1 heterocycles. The number of aryl methyl sites for hydroxylation is 1. The number of hydrogen-bond donors (Lipinski definition) is 2. The summed E-state index contributed by atoms with van der Waals surface area (Å²) in [5.41, 5.74) is 0.438. The summed E-state index contributed by atoms with van der Waals surface area (Å²) in [6, 6.07) is 19.5. The molecule has 0 saturated heterocycles. The van der Waals surface area contributed by atoms with Crippen LogP contribution in [-0.2, 0) is 6.54 Å². The van der Waals surface area contributed by atoms with E-state index in [1.165, 1.54) is 6.07 Å². The summed E-state index contributed by atoms with van der Waals surface area (Å²) in [6.07, 6.45) is 0. The number of hydrogen-bond acceptors (Lipinski definition) is 4. The maximum atomic E-state index is 12.8. The van der Waals surface area contributed by atoms with Crippen LogP contribution in [0.25, 0.3) is 0 Å². The summed E-state index contributed by atoms with van der Waals surface area (Å²) >= 11 is 0. The molecule has 0 aliphatic carbocycles. The van der Waals surface area contributed by atoms with Gasteiger partial charge in [0.25, 0.3) is 11.5 Å². The Morgan fingerprint density at radius 2 is 1.70 bits per heavy atom. The Kier molecular flexibility index (Phi) is 5.56. The van der Waals surface area contributed by atoms with Gasteiger partial charge in [-0.05, 0) is 36.8 Å². The monoisotopic (exact) mass is 364 g/mol. The minimum absolute atomic E-state index is 0.00337. The molecule has 0 spiro atoms. The maximum Gasteiger partial charge on any atom is 0.266 e. The largest absolute Gasteiger partial charge is 0.494 e. The number of aromatic hydroxyl groups is 1. The third-order valence-corrected chi connectivity index (χ3v) is 4.06. The van der Waals surface area contributed by atoms with Crippen LogP contribution in [0.2, 0.25) is 0 Å².